The molecule has 1 aliphatic rings. The molecule has 0 radical (unpaired) electrons. The Hall–Kier alpha value is -3.59. The quantitative estimate of drug-likeness (QED) is 0.288. The Morgan fingerprint density at radius 3 is 2.62 bits per heavy atom. The lowest BCUT2D eigenvalue weighted by molar-refractivity contribution is -0.116. The third kappa shape index (κ3) is 8.40. The average molecular weight is 467 g/mol. The molecule has 0 atom stereocenters. The third-order valence-electron chi connectivity index (χ3n) is 5.09. The van der Waals surface area contributed by atoms with Gasteiger partial charge in [-0.2, -0.15) is 0 Å². The van der Waals surface area contributed by atoms with Crippen molar-refractivity contribution in [1.29, 1.82) is 0 Å². The monoisotopic (exact) mass is 466 g/mol. The summed E-state index contributed by atoms with van der Waals surface area (Å²) in [5.41, 5.74) is 1.72. The van der Waals surface area contributed by atoms with E-state index in [0.717, 1.165) is 25.7 Å². The van der Waals surface area contributed by atoms with Crippen molar-refractivity contribution in [3.05, 3.63) is 54.5 Å². The maximum Gasteiger partial charge on any atom is 0.245 e. The van der Waals surface area contributed by atoms with Crippen molar-refractivity contribution in [3.63, 3.8) is 0 Å². The highest BCUT2D eigenvalue weighted by Crippen LogP contribution is 2.29. The number of aliphatic imine (C=N–C) groups is 3. The van der Waals surface area contributed by atoms with Gasteiger partial charge in [0.15, 0.2) is 5.84 Å². The lowest BCUT2D eigenvalue weighted by atomic mass is 10.2. The molecule has 0 aliphatic heterocycles. The molecule has 1 amide bonds. The molecule has 9 nitrogen and oxygen atoms in total. The van der Waals surface area contributed by atoms with Crippen LogP contribution in [-0.4, -0.2) is 75.0 Å². The van der Waals surface area contributed by atoms with Crippen LogP contribution >= 0.6 is 0 Å². The highest BCUT2D eigenvalue weighted by atomic mass is 16.5. The first-order chi connectivity index (χ1) is 16.5. The van der Waals surface area contributed by atoms with Gasteiger partial charge in [-0.25, -0.2) is 15.0 Å². The van der Waals surface area contributed by atoms with Crippen LogP contribution in [0.25, 0.3) is 0 Å². The molecule has 1 saturated carbocycles. The van der Waals surface area contributed by atoms with Gasteiger partial charge in [0.2, 0.25) is 5.91 Å². The SMILES string of the molecule is C=CC(=NC/C=C\COC)/C(N=C)=N/C(=C1CCCC1)N(C)CC(=O)Nc1ccc(OC)cn1. The Morgan fingerprint density at radius 2 is 2.03 bits per heavy atom. The summed E-state index contributed by atoms with van der Waals surface area (Å²) in [6.07, 6.45) is 11.0. The number of amides is 1. The molecule has 2 rings (SSSR count). The summed E-state index contributed by atoms with van der Waals surface area (Å²) >= 11 is 0. The minimum atomic E-state index is -0.208. The fourth-order valence-corrected chi connectivity index (χ4v) is 3.40. The maximum atomic E-state index is 12.7. The van der Waals surface area contributed by atoms with E-state index in [1.165, 1.54) is 5.57 Å². The van der Waals surface area contributed by atoms with Crippen molar-refractivity contribution >= 4 is 30.0 Å². The molecule has 1 aromatic rings. The molecule has 1 aromatic heterocycles. The number of carbonyl (C=O) groups excluding carboxylic acids is 1. The molecule has 0 unspecified atom stereocenters. The van der Waals surface area contributed by atoms with Gasteiger partial charge >= 0.3 is 0 Å². The first-order valence-electron chi connectivity index (χ1n) is 11.1. The van der Waals surface area contributed by atoms with Crippen molar-refractivity contribution in [2.24, 2.45) is 15.0 Å². The summed E-state index contributed by atoms with van der Waals surface area (Å²) in [6.45, 7) is 8.58. The summed E-state index contributed by atoms with van der Waals surface area (Å²) in [7, 11) is 5.04. The normalized spacial score (nSPS) is 14.3. The van der Waals surface area contributed by atoms with E-state index in [0.29, 0.717) is 42.1 Å². The van der Waals surface area contributed by atoms with E-state index in [2.05, 4.69) is 33.6 Å². The zero-order chi connectivity index (χ0) is 24.8. The number of likely N-dealkylation sites (N-methyl/N-ethyl adjacent to an activating group) is 1. The van der Waals surface area contributed by atoms with Crippen molar-refractivity contribution in [3.8, 4) is 5.75 Å². The molecule has 0 aromatic carbocycles. The van der Waals surface area contributed by atoms with E-state index >= 15 is 0 Å². The number of carbonyl (C=O) groups is 1. The number of ether oxygens (including phenoxy) is 2. The summed E-state index contributed by atoms with van der Waals surface area (Å²) in [6, 6.07) is 3.43. The molecule has 1 aliphatic carbocycles. The van der Waals surface area contributed by atoms with Crippen LogP contribution in [0.1, 0.15) is 25.7 Å². The first kappa shape index (κ1) is 26.7. The van der Waals surface area contributed by atoms with E-state index in [-0.39, 0.29) is 12.5 Å². The van der Waals surface area contributed by atoms with Gasteiger partial charge in [0.25, 0.3) is 0 Å². The predicted molar refractivity (Wildman–Crippen MR) is 138 cm³/mol. The van der Waals surface area contributed by atoms with Crippen LogP contribution in [0, 0.1) is 0 Å². The highest BCUT2D eigenvalue weighted by molar-refractivity contribution is 6.46. The van der Waals surface area contributed by atoms with Crippen molar-refractivity contribution in [2.45, 2.75) is 25.7 Å². The van der Waals surface area contributed by atoms with Crippen LogP contribution in [0.4, 0.5) is 5.82 Å². The number of aromatic nitrogens is 1. The highest BCUT2D eigenvalue weighted by Gasteiger charge is 2.19. The number of nitrogens with zero attached hydrogens (tertiary/aromatic N) is 5. The molecule has 9 heteroatoms. The van der Waals surface area contributed by atoms with Gasteiger partial charge in [-0.3, -0.25) is 9.79 Å². The van der Waals surface area contributed by atoms with Crippen molar-refractivity contribution in [2.75, 3.05) is 46.3 Å². The van der Waals surface area contributed by atoms with Crippen LogP contribution in [0.15, 0.2) is 69.5 Å². The Bertz CT molecular complexity index is 955. The predicted octanol–water partition coefficient (Wildman–Crippen LogP) is 3.67. The molecule has 1 fully saturated rings. The molecule has 182 valence electrons. The first-order valence-corrected chi connectivity index (χ1v) is 11.1. The minimum Gasteiger partial charge on any atom is -0.495 e. The number of anilines is 1. The average Bonchev–Trinajstić information content (AvgIpc) is 3.37. The Balaban J connectivity index is 2.21. The number of amidine groups is 1. The van der Waals surface area contributed by atoms with E-state index < -0.39 is 0 Å². The number of pyridine rings is 1. The van der Waals surface area contributed by atoms with Gasteiger partial charge in [-0.05, 0) is 56.2 Å². The van der Waals surface area contributed by atoms with Gasteiger partial charge in [0.1, 0.15) is 23.1 Å². The fraction of sp³-hybridized carbons (Fsp3) is 0.400. The van der Waals surface area contributed by atoms with Crippen molar-refractivity contribution < 1.29 is 14.3 Å². The van der Waals surface area contributed by atoms with E-state index in [1.807, 2.05) is 24.1 Å². The van der Waals surface area contributed by atoms with E-state index in [4.69, 9.17) is 14.5 Å². The summed E-state index contributed by atoms with van der Waals surface area (Å²) < 4.78 is 10.1. The zero-order valence-corrected chi connectivity index (χ0v) is 20.3. The zero-order valence-electron chi connectivity index (χ0n) is 20.3. The van der Waals surface area contributed by atoms with Gasteiger partial charge in [0, 0.05) is 14.2 Å². The Morgan fingerprint density at radius 1 is 1.26 bits per heavy atom. The largest absolute Gasteiger partial charge is 0.495 e. The maximum absolute atomic E-state index is 12.7. The topological polar surface area (TPSA) is 101 Å². The van der Waals surface area contributed by atoms with Crippen molar-refractivity contribution in [1.82, 2.24) is 9.88 Å². The van der Waals surface area contributed by atoms with E-state index in [9.17, 15) is 4.79 Å². The molecule has 1 N–H and O–H groups in total. The summed E-state index contributed by atoms with van der Waals surface area (Å²) in [4.78, 5) is 32.1. The lowest BCUT2D eigenvalue weighted by Crippen LogP contribution is -2.30. The number of rotatable bonds is 12. The van der Waals surface area contributed by atoms with Crippen LogP contribution in [0.3, 0.4) is 0 Å². The fourth-order valence-electron chi connectivity index (χ4n) is 3.40. The molecular formula is C25H34N6O3. The van der Waals surface area contributed by atoms with Gasteiger partial charge < -0.3 is 19.7 Å². The number of allylic oxidation sites excluding steroid dienone is 1. The summed E-state index contributed by atoms with van der Waals surface area (Å²) in [5.74, 6) is 1.95. The Labute approximate surface area is 201 Å². The molecule has 1 heterocycles. The second-order valence-electron chi connectivity index (χ2n) is 7.57. The molecule has 0 spiro atoms. The Kier molecular flexibility index (Phi) is 11.4. The van der Waals surface area contributed by atoms with E-state index in [1.54, 1.807) is 38.6 Å². The number of methoxy groups -OCH3 is 2. The molecule has 34 heavy (non-hydrogen) atoms. The van der Waals surface area contributed by atoms with Crippen LogP contribution in [-0.2, 0) is 9.53 Å². The van der Waals surface area contributed by atoms with Gasteiger partial charge in [-0.15, -0.1) is 0 Å². The molecular weight excluding hydrogens is 432 g/mol. The second kappa shape index (κ2) is 14.5. The number of hydrogen-bond donors (Lipinski definition) is 1. The number of hydrogen-bond acceptors (Lipinski definition) is 7. The van der Waals surface area contributed by atoms with Crippen LogP contribution in [0.2, 0.25) is 0 Å². The van der Waals surface area contributed by atoms with Crippen LogP contribution in [0.5, 0.6) is 5.75 Å². The van der Waals surface area contributed by atoms with Crippen LogP contribution < -0.4 is 10.1 Å². The molecule has 0 saturated heterocycles. The number of nitrogens with one attached hydrogen (secondary N) is 1. The van der Waals surface area contributed by atoms with Gasteiger partial charge in [-0.1, -0.05) is 18.7 Å². The smallest absolute Gasteiger partial charge is 0.245 e. The third-order valence-corrected chi connectivity index (χ3v) is 5.09. The standard InChI is InChI=1S/C25H34N6O3/c1-6-21(27-15-9-10-16-33-4)24(26-2)30-25(19-11-7-8-12-19)31(3)18-23(32)29-22-14-13-20(34-5)17-28-22/h6,9-10,13-14,17H,1-2,7-8,11-12,15-16,18H2,3-5H3,(H,28,29,32)/b10-9-,27-21?,30-24-. The molecule has 0 bridgehead atoms. The minimum absolute atomic E-state index is 0.0980. The lowest BCUT2D eigenvalue weighted by Gasteiger charge is -2.22. The second-order valence-corrected chi connectivity index (χ2v) is 7.57. The van der Waals surface area contributed by atoms with Gasteiger partial charge in [0.05, 0.1) is 33.0 Å². The summed E-state index contributed by atoms with van der Waals surface area (Å²) in [5, 5.41) is 2.80.